The summed E-state index contributed by atoms with van der Waals surface area (Å²) >= 11 is 0. The summed E-state index contributed by atoms with van der Waals surface area (Å²) in [6.45, 7) is 9.24. The standard InChI is InChI=1S/C16H24N4O3/c1-3-18(4-2)16(21)13-17-9-11-19(12-10-17)14-5-7-15(8-6-14)20(22)23/h5-8H,3-4,9-13H2,1-2H3. The van der Waals surface area contributed by atoms with Crippen molar-refractivity contribution in [2.45, 2.75) is 13.8 Å². The SMILES string of the molecule is CCN(CC)C(=O)CN1CCN(c2ccc([N+](=O)[O-])cc2)CC1. The normalized spacial score (nSPS) is 15.5. The highest BCUT2D eigenvalue weighted by Crippen LogP contribution is 2.20. The maximum atomic E-state index is 12.1. The lowest BCUT2D eigenvalue weighted by atomic mass is 10.2. The van der Waals surface area contributed by atoms with E-state index in [9.17, 15) is 14.9 Å². The molecule has 1 aliphatic heterocycles. The van der Waals surface area contributed by atoms with Gasteiger partial charge in [0.15, 0.2) is 0 Å². The highest BCUT2D eigenvalue weighted by atomic mass is 16.6. The largest absolute Gasteiger partial charge is 0.369 e. The first-order chi connectivity index (χ1) is 11.0. The van der Waals surface area contributed by atoms with E-state index in [0.717, 1.165) is 45.0 Å². The molecule has 0 bridgehead atoms. The van der Waals surface area contributed by atoms with Crippen molar-refractivity contribution in [1.82, 2.24) is 9.80 Å². The summed E-state index contributed by atoms with van der Waals surface area (Å²) in [6.07, 6.45) is 0. The Kier molecular flexibility index (Phi) is 5.92. The minimum atomic E-state index is -0.388. The molecule has 1 aromatic rings. The van der Waals surface area contributed by atoms with Gasteiger partial charge in [0.05, 0.1) is 11.5 Å². The van der Waals surface area contributed by atoms with Gasteiger partial charge in [0.2, 0.25) is 5.91 Å². The molecule has 1 saturated heterocycles. The molecule has 0 unspecified atom stereocenters. The van der Waals surface area contributed by atoms with E-state index in [0.29, 0.717) is 6.54 Å². The number of non-ortho nitro benzene ring substituents is 1. The van der Waals surface area contributed by atoms with E-state index < -0.39 is 0 Å². The van der Waals surface area contributed by atoms with Gasteiger partial charge in [-0.05, 0) is 26.0 Å². The molecule has 1 aliphatic rings. The number of rotatable bonds is 6. The molecule has 1 aromatic carbocycles. The molecule has 2 rings (SSSR count). The van der Waals surface area contributed by atoms with Crippen molar-refractivity contribution in [3.05, 3.63) is 34.4 Å². The number of carbonyl (C=O) groups is 1. The molecule has 7 heteroatoms. The maximum absolute atomic E-state index is 12.1. The number of likely N-dealkylation sites (N-methyl/N-ethyl adjacent to an activating group) is 1. The molecule has 0 aromatic heterocycles. The predicted molar refractivity (Wildman–Crippen MR) is 89.7 cm³/mol. The maximum Gasteiger partial charge on any atom is 0.269 e. The van der Waals surface area contributed by atoms with Crippen LogP contribution in [0.5, 0.6) is 0 Å². The minimum absolute atomic E-state index is 0.109. The highest BCUT2D eigenvalue weighted by molar-refractivity contribution is 5.78. The first-order valence-corrected chi connectivity index (χ1v) is 8.04. The van der Waals surface area contributed by atoms with Gasteiger partial charge in [-0.2, -0.15) is 0 Å². The van der Waals surface area contributed by atoms with E-state index in [1.807, 2.05) is 18.7 Å². The molecule has 0 N–H and O–H groups in total. The van der Waals surface area contributed by atoms with Crippen LogP contribution in [0.3, 0.4) is 0 Å². The second-order valence-corrected chi connectivity index (χ2v) is 5.60. The molecule has 0 saturated carbocycles. The lowest BCUT2D eigenvalue weighted by molar-refractivity contribution is -0.384. The van der Waals surface area contributed by atoms with Gasteiger partial charge in [-0.25, -0.2) is 0 Å². The number of benzene rings is 1. The average molecular weight is 320 g/mol. The molecule has 1 heterocycles. The number of nitro groups is 1. The molecule has 126 valence electrons. The number of hydrogen-bond donors (Lipinski definition) is 0. The van der Waals surface area contributed by atoms with Gasteiger partial charge in [0.1, 0.15) is 0 Å². The lowest BCUT2D eigenvalue weighted by Gasteiger charge is -2.36. The smallest absolute Gasteiger partial charge is 0.269 e. The fraction of sp³-hybridized carbons (Fsp3) is 0.562. The number of piperazine rings is 1. The third-order valence-electron chi connectivity index (χ3n) is 4.27. The van der Waals surface area contributed by atoms with Crippen LogP contribution in [0.1, 0.15) is 13.8 Å². The van der Waals surface area contributed by atoms with Gasteiger partial charge < -0.3 is 9.80 Å². The Morgan fingerprint density at radius 1 is 1.13 bits per heavy atom. The molecular weight excluding hydrogens is 296 g/mol. The number of amides is 1. The van der Waals surface area contributed by atoms with Crippen molar-refractivity contribution in [1.29, 1.82) is 0 Å². The van der Waals surface area contributed by atoms with E-state index in [4.69, 9.17) is 0 Å². The van der Waals surface area contributed by atoms with Crippen LogP contribution in [0.25, 0.3) is 0 Å². The van der Waals surface area contributed by atoms with Gasteiger partial charge in [0, 0.05) is 57.1 Å². The van der Waals surface area contributed by atoms with Crippen molar-refractivity contribution < 1.29 is 9.72 Å². The third kappa shape index (κ3) is 4.41. The van der Waals surface area contributed by atoms with Crippen molar-refractivity contribution in [2.24, 2.45) is 0 Å². The molecule has 0 atom stereocenters. The number of hydrogen-bond acceptors (Lipinski definition) is 5. The molecule has 0 radical (unpaired) electrons. The van der Waals surface area contributed by atoms with Crippen LogP contribution >= 0.6 is 0 Å². The number of nitro benzene ring substituents is 1. The Morgan fingerprint density at radius 3 is 2.17 bits per heavy atom. The average Bonchev–Trinajstić information content (AvgIpc) is 2.57. The van der Waals surface area contributed by atoms with E-state index in [1.54, 1.807) is 12.1 Å². The molecule has 0 spiro atoms. The quantitative estimate of drug-likeness (QED) is 0.588. The van der Waals surface area contributed by atoms with Crippen molar-refractivity contribution >= 4 is 17.3 Å². The van der Waals surface area contributed by atoms with E-state index in [-0.39, 0.29) is 16.5 Å². The zero-order valence-corrected chi connectivity index (χ0v) is 13.8. The van der Waals surface area contributed by atoms with E-state index in [2.05, 4.69) is 9.80 Å². The topological polar surface area (TPSA) is 69.9 Å². The van der Waals surface area contributed by atoms with Crippen LogP contribution in [0.2, 0.25) is 0 Å². The second-order valence-electron chi connectivity index (χ2n) is 5.60. The third-order valence-corrected chi connectivity index (χ3v) is 4.27. The summed E-state index contributed by atoms with van der Waals surface area (Å²) in [4.78, 5) is 28.6. The van der Waals surface area contributed by atoms with Gasteiger partial charge in [-0.1, -0.05) is 0 Å². The lowest BCUT2D eigenvalue weighted by Crippen LogP contribution is -2.50. The molecule has 0 aliphatic carbocycles. The number of anilines is 1. The van der Waals surface area contributed by atoms with Crippen LogP contribution < -0.4 is 4.90 Å². The van der Waals surface area contributed by atoms with Crippen molar-refractivity contribution in [3.8, 4) is 0 Å². The molecule has 1 fully saturated rings. The summed E-state index contributed by atoms with van der Waals surface area (Å²) in [6, 6.07) is 6.64. The summed E-state index contributed by atoms with van der Waals surface area (Å²) < 4.78 is 0. The van der Waals surface area contributed by atoms with Crippen LogP contribution in [0, 0.1) is 10.1 Å². The van der Waals surface area contributed by atoms with Crippen molar-refractivity contribution in [2.75, 3.05) is 50.7 Å². The summed E-state index contributed by atoms with van der Waals surface area (Å²) in [5, 5.41) is 10.7. The molecule has 7 nitrogen and oxygen atoms in total. The fourth-order valence-corrected chi connectivity index (χ4v) is 2.82. The first kappa shape index (κ1) is 17.2. The second kappa shape index (κ2) is 7.92. The van der Waals surface area contributed by atoms with Crippen LogP contribution in [-0.4, -0.2) is 66.4 Å². The Bertz CT molecular complexity index is 535. The Balaban J connectivity index is 1.86. The van der Waals surface area contributed by atoms with Crippen molar-refractivity contribution in [3.63, 3.8) is 0 Å². The highest BCUT2D eigenvalue weighted by Gasteiger charge is 2.21. The first-order valence-electron chi connectivity index (χ1n) is 8.04. The predicted octanol–water partition coefficient (Wildman–Crippen LogP) is 1.59. The van der Waals surface area contributed by atoms with Crippen LogP contribution in [-0.2, 0) is 4.79 Å². The Hall–Kier alpha value is -2.15. The fourth-order valence-electron chi connectivity index (χ4n) is 2.82. The molecule has 23 heavy (non-hydrogen) atoms. The Labute approximate surface area is 136 Å². The molecule has 1 amide bonds. The zero-order valence-electron chi connectivity index (χ0n) is 13.8. The Morgan fingerprint density at radius 2 is 1.70 bits per heavy atom. The van der Waals surface area contributed by atoms with Gasteiger partial charge in [-0.3, -0.25) is 19.8 Å². The van der Waals surface area contributed by atoms with Gasteiger partial charge in [0.25, 0.3) is 5.69 Å². The summed E-state index contributed by atoms with van der Waals surface area (Å²) in [5.74, 6) is 0.179. The minimum Gasteiger partial charge on any atom is -0.369 e. The van der Waals surface area contributed by atoms with E-state index >= 15 is 0 Å². The van der Waals surface area contributed by atoms with Gasteiger partial charge >= 0.3 is 0 Å². The summed E-state index contributed by atoms with van der Waals surface area (Å²) in [5.41, 5.74) is 1.10. The van der Waals surface area contributed by atoms with Gasteiger partial charge in [-0.15, -0.1) is 0 Å². The van der Waals surface area contributed by atoms with Crippen LogP contribution in [0.4, 0.5) is 11.4 Å². The summed E-state index contributed by atoms with van der Waals surface area (Å²) in [7, 11) is 0. The number of carbonyl (C=O) groups excluding carboxylic acids is 1. The number of nitrogens with zero attached hydrogens (tertiary/aromatic N) is 4. The monoisotopic (exact) mass is 320 g/mol. The van der Waals surface area contributed by atoms with Crippen LogP contribution in [0.15, 0.2) is 24.3 Å². The molecular formula is C16H24N4O3. The van der Waals surface area contributed by atoms with E-state index in [1.165, 1.54) is 12.1 Å². The zero-order chi connectivity index (χ0) is 16.8.